The summed E-state index contributed by atoms with van der Waals surface area (Å²) < 4.78 is 10.6. The van der Waals surface area contributed by atoms with E-state index in [0.717, 1.165) is 22.6 Å². The molecule has 2 rings (SSSR count). The number of aromatic nitrogens is 1. The highest BCUT2D eigenvalue weighted by Gasteiger charge is 2.16. The highest BCUT2D eigenvalue weighted by molar-refractivity contribution is 6.39. The number of anilines is 1. The van der Waals surface area contributed by atoms with Gasteiger partial charge in [0, 0.05) is 12.1 Å². The number of rotatable bonds is 6. The SMILES string of the molecule is CCOc1cc(C)ccc1NC(=O)C(=O)NCCc1c(C)noc1C. The lowest BCUT2D eigenvalue weighted by atomic mass is 10.1. The third-order valence-electron chi connectivity index (χ3n) is 3.73. The second kappa shape index (κ2) is 8.32. The topological polar surface area (TPSA) is 93.5 Å². The zero-order valence-corrected chi connectivity index (χ0v) is 14.9. The fourth-order valence-electron chi connectivity index (χ4n) is 2.43. The lowest BCUT2D eigenvalue weighted by Gasteiger charge is -2.12. The summed E-state index contributed by atoms with van der Waals surface area (Å²) in [5.41, 5.74) is 3.21. The van der Waals surface area contributed by atoms with E-state index in [2.05, 4.69) is 15.8 Å². The molecule has 1 aromatic carbocycles. The molecule has 2 N–H and O–H groups in total. The van der Waals surface area contributed by atoms with Gasteiger partial charge in [-0.05, 0) is 51.8 Å². The van der Waals surface area contributed by atoms with Gasteiger partial charge in [-0.1, -0.05) is 11.2 Å². The summed E-state index contributed by atoms with van der Waals surface area (Å²) in [4.78, 5) is 24.0. The van der Waals surface area contributed by atoms with Crippen LogP contribution in [0.1, 0.15) is 29.5 Å². The molecule has 1 heterocycles. The minimum Gasteiger partial charge on any atom is -0.492 e. The zero-order valence-electron chi connectivity index (χ0n) is 14.9. The third-order valence-corrected chi connectivity index (χ3v) is 3.73. The number of nitrogens with one attached hydrogen (secondary N) is 2. The largest absolute Gasteiger partial charge is 0.492 e. The van der Waals surface area contributed by atoms with Crippen LogP contribution in [0.2, 0.25) is 0 Å². The average molecular weight is 345 g/mol. The molecule has 134 valence electrons. The highest BCUT2D eigenvalue weighted by Crippen LogP contribution is 2.25. The van der Waals surface area contributed by atoms with Gasteiger partial charge in [0.05, 0.1) is 18.0 Å². The van der Waals surface area contributed by atoms with Crippen molar-refractivity contribution in [2.75, 3.05) is 18.5 Å². The summed E-state index contributed by atoms with van der Waals surface area (Å²) in [5.74, 6) is -0.171. The Bertz CT molecular complexity index is 748. The molecule has 7 nitrogen and oxygen atoms in total. The molecule has 1 aromatic heterocycles. The molecule has 0 spiro atoms. The Morgan fingerprint density at radius 2 is 1.96 bits per heavy atom. The molecular formula is C18H23N3O4. The van der Waals surface area contributed by atoms with Crippen molar-refractivity contribution in [3.63, 3.8) is 0 Å². The number of hydrogen-bond donors (Lipinski definition) is 2. The van der Waals surface area contributed by atoms with Crippen molar-refractivity contribution in [2.45, 2.75) is 34.1 Å². The third kappa shape index (κ3) is 4.82. The molecule has 7 heteroatoms. The Morgan fingerprint density at radius 3 is 2.60 bits per heavy atom. The minimum atomic E-state index is -0.733. The molecular weight excluding hydrogens is 322 g/mol. The number of nitrogens with zero attached hydrogens (tertiary/aromatic N) is 1. The number of carbonyl (C=O) groups excluding carboxylic acids is 2. The van der Waals surface area contributed by atoms with E-state index >= 15 is 0 Å². The maximum atomic E-state index is 12.1. The van der Waals surface area contributed by atoms with E-state index < -0.39 is 11.8 Å². The van der Waals surface area contributed by atoms with E-state index in [1.165, 1.54) is 0 Å². The fraction of sp³-hybridized carbons (Fsp3) is 0.389. The number of carbonyl (C=O) groups is 2. The normalized spacial score (nSPS) is 10.4. The van der Waals surface area contributed by atoms with Crippen LogP contribution in [0, 0.1) is 20.8 Å². The van der Waals surface area contributed by atoms with Crippen molar-refractivity contribution >= 4 is 17.5 Å². The van der Waals surface area contributed by atoms with Gasteiger partial charge < -0.3 is 19.9 Å². The summed E-state index contributed by atoms with van der Waals surface area (Å²) in [6.45, 7) is 8.23. The fourth-order valence-corrected chi connectivity index (χ4v) is 2.43. The molecule has 2 aromatic rings. The van der Waals surface area contributed by atoms with E-state index in [4.69, 9.17) is 9.26 Å². The molecule has 0 aliphatic carbocycles. The van der Waals surface area contributed by atoms with Crippen molar-refractivity contribution in [3.05, 3.63) is 40.8 Å². The van der Waals surface area contributed by atoms with Gasteiger partial charge in [0.1, 0.15) is 11.5 Å². The lowest BCUT2D eigenvalue weighted by molar-refractivity contribution is -0.136. The summed E-state index contributed by atoms with van der Waals surface area (Å²) in [6, 6.07) is 5.37. The van der Waals surface area contributed by atoms with Crippen LogP contribution < -0.4 is 15.4 Å². The first-order valence-corrected chi connectivity index (χ1v) is 8.16. The second-order valence-corrected chi connectivity index (χ2v) is 5.70. The van der Waals surface area contributed by atoms with Crippen molar-refractivity contribution < 1.29 is 18.8 Å². The molecule has 0 atom stereocenters. The van der Waals surface area contributed by atoms with Crippen LogP contribution >= 0.6 is 0 Å². The number of benzene rings is 1. The van der Waals surface area contributed by atoms with Gasteiger partial charge in [-0.25, -0.2) is 0 Å². The van der Waals surface area contributed by atoms with Gasteiger partial charge >= 0.3 is 11.8 Å². The monoisotopic (exact) mass is 345 g/mol. The Labute approximate surface area is 146 Å². The number of aryl methyl sites for hydroxylation is 3. The molecule has 0 saturated heterocycles. The van der Waals surface area contributed by atoms with E-state index in [9.17, 15) is 9.59 Å². The Hall–Kier alpha value is -2.83. The summed E-state index contributed by atoms with van der Waals surface area (Å²) >= 11 is 0. The van der Waals surface area contributed by atoms with E-state index in [-0.39, 0.29) is 0 Å². The van der Waals surface area contributed by atoms with Crippen LogP contribution in [0.25, 0.3) is 0 Å². The van der Waals surface area contributed by atoms with Crippen LogP contribution in [0.3, 0.4) is 0 Å². The quantitative estimate of drug-likeness (QED) is 0.784. The Morgan fingerprint density at radius 1 is 1.20 bits per heavy atom. The van der Waals surface area contributed by atoms with Gasteiger partial charge in [0.15, 0.2) is 0 Å². The van der Waals surface area contributed by atoms with Gasteiger partial charge in [-0.3, -0.25) is 9.59 Å². The smallest absolute Gasteiger partial charge is 0.313 e. The molecule has 0 unspecified atom stereocenters. The van der Waals surface area contributed by atoms with Gasteiger partial charge in [-0.2, -0.15) is 0 Å². The number of amides is 2. The van der Waals surface area contributed by atoms with Gasteiger partial charge in [0.25, 0.3) is 0 Å². The van der Waals surface area contributed by atoms with E-state index in [0.29, 0.717) is 31.0 Å². The van der Waals surface area contributed by atoms with E-state index in [1.54, 1.807) is 6.07 Å². The molecule has 0 saturated carbocycles. The molecule has 0 radical (unpaired) electrons. The maximum absolute atomic E-state index is 12.1. The minimum absolute atomic E-state index is 0.321. The average Bonchev–Trinajstić information content (AvgIpc) is 2.89. The number of ether oxygens (including phenoxy) is 1. The van der Waals surface area contributed by atoms with Crippen LogP contribution in [0.4, 0.5) is 5.69 Å². The first kappa shape index (κ1) is 18.5. The summed E-state index contributed by atoms with van der Waals surface area (Å²) in [7, 11) is 0. The first-order chi connectivity index (χ1) is 11.9. The van der Waals surface area contributed by atoms with Crippen LogP contribution in [-0.4, -0.2) is 30.1 Å². The highest BCUT2D eigenvalue weighted by atomic mass is 16.5. The van der Waals surface area contributed by atoms with Gasteiger partial charge in [-0.15, -0.1) is 0 Å². The molecule has 0 aliphatic heterocycles. The zero-order chi connectivity index (χ0) is 18.4. The van der Waals surface area contributed by atoms with E-state index in [1.807, 2.05) is 39.8 Å². The van der Waals surface area contributed by atoms with Crippen molar-refractivity contribution in [3.8, 4) is 5.75 Å². The maximum Gasteiger partial charge on any atom is 0.313 e. The van der Waals surface area contributed by atoms with Crippen molar-refractivity contribution in [2.24, 2.45) is 0 Å². The standard InChI is InChI=1S/C18H23N3O4/c1-5-24-16-10-11(2)6-7-15(16)20-18(23)17(22)19-9-8-14-12(3)21-25-13(14)4/h6-7,10H,5,8-9H2,1-4H3,(H,19,22)(H,20,23). The molecule has 2 amide bonds. The summed E-state index contributed by atoms with van der Waals surface area (Å²) in [6.07, 6.45) is 0.551. The number of hydrogen-bond acceptors (Lipinski definition) is 5. The Kier molecular flexibility index (Phi) is 6.16. The first-order valence-electron chi connectivity index (χ1n) is 8.16. The molecule has 0 aliphatic rings. The lowest BCUT2D eigenvalue weighted by Crippen LogP contribution is -2.36. The molecule has 25 heavy (non-hydrogen) atoms. The Balaban J connectivity index is 1.91. The predicted octanol–water partition coefficient (Wildman–Crippen LogP) is 2.30. The van der Waals surface area contributed by atoms with Crippen molar-refractivity contribution in [1.29, 1.82) is 0 Å². The molecule has 0 fully saturated rings. The van der Waals surface area contributed by atoms with Crippen molar-refractivity contribution in [1.82, 2.24) is 10.5 Å². The predicted molar refractivity (Wildman–Crippen MR) is 93.7 cm³/mol. The van der Waals surface area contributed by atoms with Crippen LogP contribution in [-0.2, 0) is 16.0 Å². The second-order valence-electron chi connectivity index (χ2n) is 5.70. The van der Waals surface area contributed by atoms with Crippen LogP contribution in [0.15, 0.2) is 22.7 Å². The van der Waals surface area contributed by atoms with Gasteiger partial charge in [0.2, 0.25) is 0 Å². The summed E-state index contributed by atoms with van der Waals surface area (Å²) in [5, 5.41) is 9.04. The molecule has 0 bridgehead atoms. The van der Waals surface area contributed by atoms with Crippen LogP contribution in [0.5, 0.6) is 5.75 Å².